The fourth-order valence-electron chi connectivity index (χ4n) is 3.41. The molecule has 7 heteroatoms. The highest BCUT2D eigenvalue weighted by Gasteiger charge is 2.16. The molecule has 0 spiro atoms. The Bertz CT molecular complexity index is 792. The topological polar surface area (TPSA) is 86.1 Å². The molecule has 0 bridgehead atoms. The van der Waals surface area contributed by atoms with E-state index in [9.17, 15) is 9.59 Å². The number of nitrogens with one attached hydrogen (secondary N) is 1. The minimum absolute atomic E-state index is 0.263. The lowest BCUT2D eigenvalue weighted by Crippen LogP contribution is -2.33. The summed E-state index contributed by atoms with van der Waals surface area (Å²) < 4.78 is 6.80. The molecule has 1 amide bonds. The second kappa shape index (κ2) is 8.79. The van der Waals surface area contributed by atoms with E-state index in [1.165, 1.54) is 25.5 Å². The number of aryl methyl sites for hydroxylation is 2. The third-order valence-corrected chi connectivity index (χ3v) is 4.86. The zero-order valence-electron chi connectivity index (χ0n) is 15.9. The van der Waals surface area contributed by atoms with Crippen LogP contribution in [-0.2, 0) is 9.53 Å². The van der Waals surface area contributed by atoms with Crippen molar-refractivity contribution in [2.24, 2.45) is 5.92 Å². The minimum atomic E-state index is -0.560. The molecule has 2 aromatic rings. The monoisotopic (exact) mass is 370 g/mol. The van der Waals surface area contributed by atoms with E-state index in [0.717, 1.165) is 24.2 Å². The zero-order chi connectivity index (χ0) is 19.2. The number of carbonyl (C=O) groups is 2. The molecule has 0 aromatic carbocycles. The third-order valence-electron chi connectivity index (χ3n) is 4.86. The van der Waals surface area contributed by atoms with E-state index in [1.54, 1.807) is 16.8 Å². The molecule has 1 N–H and O–H groups in total. The maximum absolute atomic E-state index is 12.1. The highest BCUT2D eigenvalue weighted by molar-refractivity contribution is 5.91. The highest BCUT2D eigenvalue weighted by Crippen LogP contribution is 2.22. The van der Waals surface area contributed by atoms with Crippen LogP contribution in [0.2, 0.25) is 0 Å². The van der Waals surface area contributed by atoms with Gasteiger partial charge in [-0.25, -0.2) is 14.5 Å². The SMILES string of the molecule is Cc1cc(C)n(-c2ccc(C(=O)OCC(=O)NCC3CCCCC3)cn2)n1. The van der Waals surface area contributed by atoms with Gasteiger partial charge in [0.15, 0.2) is 12.4 Å². The highest BCUT2D eigenvalue weighted by atomic mass is 16.5. The second-order valence-electron chi connectivity index (χ2n) is 7.13. The van der Waals surface area contributed by atoms with E-state index in [4.69, 9.17) is 4.74 Å². The van der Waals surface area contributed by atoms with E-state index in [-0.39, 0.29) is 12.5 Å². The summed E-state index contributed by atoms with van der Waals surface area (Å²) in [6.45, 7) is 4.24. The van der Waals surface area contributed by atoms with Crippen LogP contribution in [0.1, 0.15) is 53.8 Å². The van der Waals surface area contributed by atoms with Gasteiger partial charge in [0.1, 0.15) is 0 Å². The van der Waals surface area contributed by atoms with Crippen LogP contribution in [0.15, 0.2) is 24.4 Å². The molecule has 1 aliphatic carbocycles. The first-order valence-corrected chi connectivity index (χ1v) is 9.46. The predicted molar refractivity (Wildman–Crippen MR) is 101 cm³/mol. The molecule has 0 unspecified atom stereocenters. The molecular weight excluding hydrogens is 344 g/mol. The summed E-state index contributed by atoms with van der Waals surface area (Å²) in [5, 5.41) is 7.21. The van der Waals surface area contributed by atoms with Gasteiger partial charge < -0.3 is 10.1 Å². The van der Waals surface area contributed by atoms with E-state index < -0.39 is 5.97 Å². The summed E-state index contributed by atoms with van der Waals surface area (Å²) in [7, 11) is 0. The lowest BCUT2D eigenvalue weighted by molar-refractivity contribution is -0.124. The molecule has 1 aliphatic rings. The summed E-state index contributed by atoms with van der Waals surface area (Å²) in [6, 6.07) is 5.29. The molecule has 27 heavy (non-hydrogen) atoms. The average molecular weight is 370 g/mol. The Morgan fingerprint density at radius 1 is 1.22 bits per heavy atom. The maximum Gasteiger partial charge on any atom is 0.340 e. The van der Waals surface area contributed by atoms with Crippen LogP contribution in [-0.4, -0.2) is 39.8 Å². The van der Waals surface area contributed by atoms with Gasteiger partial charge in [-0.3, -0.25) is 4.79 Å². The van der Waals surface area contributed by atoms with Gasteiger partial charge in [-0.1, -0.05) is 19.3 Å². The van der Waals surface area contributed by atoms with Crippen molar-refractivity contribution in [2.75, 3.05) is 13.2 Å². The van der Waals surface area contributed by atoms with Crippen molar-refractivity contribution in [2.45, 2.75) is 46.0 Å². The van der Waals surface area contributed by atoms with Crippen LogP contribution < -0.4 is 5.32 Å². The van der Waals surface area contributed by atoms with Crippen molar-refractivity contribution in [3.8, 4) is 5.82 Å². The molecule has 144 valence electrons. The molecule has 2 heterocycles. The van der Waals surface area contributed by atoms with Crippen LogP contribution in [0.4, 0.5) is 0 Å². The number of hydrogen-bond acceptors (Lipinski definition) is 5. The summed E-state index contributed by atoms with van der Waals surface area (Å²) >= 11 is 0. The van der Waals surface area contributed by atoms with E-state index in [2.05, 4.69) is 15.4 Å². The van der Waals surface area contributed by atoms with Gasteiger partial charge in [-0.2, -0.15) is 5.10 Å². The number of esters is 1. The Kier molecular flexibility index (Phi) is 6.21. The van der Waals surface area contributed by atoms with Gasteiger partial charge in [0.05, 0.1) is 11.3 Å². The van der Waals surface area contributed by atoms with Crippen molar-refractivity contribution in [1.82, 2.24) is 20.1 Å². The molecule has 1 fully saturated rings. The average Bonchev–Trinajstić information content (AvgIpc) is 3.03. The maximum atomic E-state index is 12.1. The van der Waals surface area contributed by atoms with Crippen molar-refractivity contribution in [3.05, 3.63) is 41.3 Å². The number of ether oxygens (including phenoxy) is 1. The van der Waals surface area contributed by atoms with Crippen LogP contribution in [0.3, 0.4) is 0 Å². The fourth-order valence-corrected chi connectivity index (χ4v) is 3.41. The quantitative estimate of drug-likeness (QED) is 0.790. The first kappa shape index (κ1) is 19.1. The molecule has 2 aromatic heterocycles. The van der Waals surface area contributed by atoms with Gasteiger partial charge >= 0.3 is 5.97 Å². The van der Waals surface area contributed by atoms with Crippen LogP contribution in [0.5, 0.6) is 0 Å². The first-order valence-electron chi connectivity index (χ1n) is 9.46. The molecule has 0 radical (unpaired) electrons. The lowest BCUT2D eigenvalue weighted by Gasteiger charge is -2.21. The van der Waals surface area contributed by atoms with Crippen molar-refractivity contribution in [3.63, 3.8) is 0 Å². The summed E-state index contributed by atoms with van der Waals surface area (Å²) in [5.74, 6) is 0.350. The lowest BCUT2D eigenvalue weighted by atomic mass is 9.89. The Hall–Kier alpha value is -2.70. The van der Waals surface area contributed by atoms with Crippen molar-refractivity contribution >= 4 is 11.9 Å². The molecule has 1 saturated carbocycles. The van der Waals surface area contributed by atoms with E-state index >= 15 is 0 Å². The van der Waals surface area contributed by atoms with E-state index in [0.29, 0.717) is 23.8 Å². The van der Waals surface area contributed by atoms with Crippen LogP contribution >= 0.6 is 0 Å². The number of hydrogen-bond donors (Lipinski definition) is 1. The summed E-state index contributed by atoms with van der Waals surface area (Å²) in [5.41, 5.74) is 2.17. The molecular formula is C20H26N4O3. The van der Waals surface area contributed by atoms with Gasteiger partial charge in [-0.05, 0) is 50.8 Å². The number of aromatic nitrogens is 3. The molecule has 0 aliphatic heterocycles. The fraction of sp³-hybridized carbons (Fsp3) is 0.500. The number of amides is 1. The number of nitrogens with zero attached hydrogens (tertiary/aromatic N) is 3. The molecule has 0 atom stereocenters. The zero-order valence-corrected chi connectivity index (χ0v) is 15.9. The normalized spacial score (nSPS) is 14.7. The smallest absolute Gasteiger partial charge is 0.340 e. The van der Waals surface area contributed by atoms with Crippen LogP contribution in [0.25, 0.3) is 5.82 Å². The Morgan fingerprint density at radius 2 is 2.00 bits per heavy atom. The predicted octanol–water partition coefficient (Wildman–Crippen LogP) is 2.74. The molecule has 7 nitrogen and oxygen atoms in total. The number of carbonyl (C=O) groups excluding carboxylic acids is 2. The number of pyridine rings is 1. The van der Waals surface area contributed by atoms with E-state index in [1.807, 2.05) is 19.9 Å². The summed E-state index contributed by atoms with van der Waals surface area (Å²) in [6.07, 6.45) is 7.51. The second-order valence-corrected chi connectivity index (χ2v) is 7.13. The van der Waals surface area contributed by atoms with Crippen LogP contribution in [0, 0.1) is 19.8 Å². The van der Waals surface area contributed by atoms with Crippen molar-refractivity contribution in [1.29, 1.82) is 0 Å². The third kappa shape index (κ3) is 5.15. The minimum Gasteiger partial charge on any atom is -0.452 e. The summed E-state index contributed by atoms with van der Waals surface area (Å²) in [4.78, 5) is 28.3. The standard InChI is InChI=1S/C20H26N4O3/c1-14-10-15(2)24(23-14)18-9-8-17(12-21-18)20(26)27-13-19(25)22-11-16-6-4-3-5-7-16/h8-10,12,16H,3-7,11,13H2,1-2H3,(H,22,25). The Morgan fingerprint density at radius 3 is 2.63 bits per heavy atom. The molecule has 0 saturated heterocycles. The molecule has 3 rings (SSSR count). The first-order chi connectivity index (χ1) is 13.0. The largest absolute Gasteiger partial charge is 0.452 e. The van der Waals surface area contributed by atoms with Gasteiger partial charge in [0.25, 0.3) is 5.91 Å². The van der Waals surface area contributed by atoms with Crippen molar-refractivity contribution < 1.29 is 14.3 Å². The number of rotatable bonds is 6. The van der Waals surface area contributed by atoms with Gasteiger partial charge in [0.2, 0.25) is 0 Å². The van der Waals surface area contributed by atoms with Gasteiger partial charge in [-0.15, -0.1) is 0 Å². The Labute approximate surface area is 159 Å². The Balaban J connectivity index is 1.47. The van der Waals surface area contributed by atoms with Gasteiger partial charge in [0, 0.05) is 18.4 Å².